The molecule has 1 fully saturated rings. The Labute approximate surface area is 258 Å². The molecule has 1 N–H and O–H groups in total. The van der Waals surface area contributed by atoms with Gasteiger partial charge in [0.2, 0.25) is 5.95 Å². The Hall–Kier alpha value is -5.35. The number of nitrogens with zero attached hydrogens (tertiary/aromatic N) is 8. The van der Waals surface area contributed by atoms with Crippen molar-refractivity contribution in [3.05, 3.63) is 96.6 Å². The summed E-state index contributed by atoms with van der Waals surface area (Å²) in [5.74, 6) is 6.94. The van der Waals surface area contributed by atoms with Crippen molar-refractivity contribution in [3.63, 3.8) is 0 Å². The molecular formula is C32H33N9O4. The van der Waals surface area contributed by atoms with Crippen LogP contribution in [0.3, 0.4) is 0 Å². The first-order valence-electron chi connectivity index (χ1n) is 14.8. The second-order valence-corrected chi connectivity index (χ2v) is 11.2. The molecule has 0 radical (unpaired) electrons. The summed E-state index contributed by atoms with van der Waals surface area (Å²) in [7, 11) is 1.62. The lowest BCUT2D eigenvalue weighted by Crippen LogP contribution is -2.46. The number of aromatic nitrogens is 6. The molecule has 1 aliphatic heterocycles. The van der Waals surface area contributed by atoms with Crippen molar-refractivity contribution < 1.29 is 4.92 Å². The fourth-order valence-corrected chi connectivity index (χ4v) is 5.88. The summed E-state index contributed by atoms with van der Waals surface area (Å²) < 4.78 is 4.37. The zero-order valence-electron chi connectivity index (χ0n) is 25.4. The van der Waals surface area contributed by atoms with Gasteiger partial charge in [-0.15, -0.1) is 5.92 Å². The normalized spacial score (nSPS) is 14.9. The minimum absolute atomic E-state index is 0.0602. The van der Waals surface area contributed by atoms with E-state index in [9.17, 15) is 19.7 Å². The third-order valence-electron chi connectivity index (χ3n) is 8.21. The lowest BCUT2D eigenvalue weighted by atomic mass is 10.1. The molecule has 4 heterocycles. The SMILES string of the molecule is CC#CCn1c(N2CCC[C@@H](NCc3ccc([N+](=O)[O-])cc3)C2)nc2c1c(=O)n(Cc1nc(C)c3ccccc3n1)c(=O)n2C. The fourth-order valence-electron chi connectivity index (χ4n) is 5.88. The molecule has 0 bridgehead atoms. The van der Waals surface area contributed by atoms with Gasteiger partial charge in [-0.2, -0.15) is 4.98 Å². The lowest BCUT2D eigenvalue weighted by molar-refractivity contribution is -0.384. The standard InChI is InChI=1S/C32H33N9O4/c1-4-5-17-39-28-29(36-31(39)38-16-8-9-23(19-38)33-18-22-12-14-24(15-13-22)41(44)45)37(3)32(43)40(30(28)42)20-27-34-21(2)25-10-6-7-11-26(25)35-27/h6-7,10-15,23,33H,8-9,16-20H2,1-3H3/t23-/m1/s1. The molecule has 0 spiro atoms. The van der Waals surface area contributed by atoms with Crippen molar-refractivity contribution in [1.82, 2.24) is 34.0 Å². The summed E-state index contributed by atoms with van der Waals surface area (Å²) in [6.07, 6.45) is 1.83. The zero-order valence-corrected chi connectivity index (χ0v) is 25.4. The van der Waals surface area contributed by atoms with Gasteiger partial charge in [-0.1, -0.05) is 36.3 Å². The van der Waals surface area contributed by atoms with Crippen molar-refractivity contribution in [2.75, 3.05) is 18.0 Å². The number of nitrogens with one attached hydrogen (secondary N) is 1. The number of nitro groups is 1. The van der Waals surface area contributed by atoms with Crippen molar-refractivity contribution >= 4 is 33.7 Å². The number of non-ortho nitro benzene ring substituents is 1. The number of hydrogen-bond acceptors (Lipinski definition) is 9. The smallest absolute Gasteiger partial charge is 0.332 e. The molecule has 1 saturated heterocycles. The first-order valence-corrected chi connectivity index (χ1v) is 14.8. The van der Waals surface area contributed by atoms with Crippen LogP contribution >= 0.6 is 0 Å². The van der Waals surface area contributed by atoms with E-state index in [1.165, 1.54) is 16.7 Å². The van der Waals surface area contributed by atoms with Gasteiger partial charge in [0.1, 0.15) is 5.82 Å². The minimum atomic E-state index is -0.499. The Bertz CT molecular complexity index is 2100. The molecule has 45 heavy (non-hydrogen) atoms. The van der Waals surface area contributed by atoms with Gasteiger partial charge < -0.3 is 10.2 Å². The molecule has 0 aliphatic carbocycles. The van der Waals surface area contributed by atoms with Crippen molar-refractivity contribution in [3.8, 4) is 11.8 Å². The Balaban J connectivity index is 1.33. The highest BCUT2D eigenvalue weighted by atomic mass is 16.6. The second kappa shape index (κ2) is 12.3. The summed E-state index contributed by atoms with van der Waals surface area (Å²) in [5.41, 5.74) is 2.16. The molecule has 13 heteroatoms. The highest BCUT2D eigenvalue weighted by Gasteiger charge is 2.27. The highest BCUT2D eigenvalue weighted by molar-refractivity contribution is 5.80. The Morgan fingerprint density at radius 3 is 2.60 bits per heavy atom. The fraction of sp³-hybridized carbons (Fsp3) is 0.344. The molecule has 0 saturated carbocycles. The third kappa shape index (κ3) is 5.80. The maximum atomic E-state index is 14.0. The van der Waals surface area contributed by atoms with E-state index < -0.39 is 16.2 Å². The van der Waals surface area contributed by atoms with Gasteiger partial charge in [0.05, 0.1) is 23.5 Å². The largest absolute Gasteiger partial charge is 0.341 e. The lowest BCUT2D eigenvalue weighted by Gasteiger charge is -2.34. The average molecular weight is 608 g/mol. The maximum Gasteiger partial charge on any atom is 0.332 e. The second-order valence-electron chi connectivity index (χ2n) is 11.2. The van der Waals surface area contributed by atoms with E-state index in [4.69, 9.17) is 4.98 Å². The van der Waals surface area contributed by atoms with Crippen molar-refractivity contribution in [1.29, 1.82) is 0 Å². The van der Waals surface area contributed by atoms with Crippen molar-refractivity contribution in [2.24, 2.45) is 7.05 Å². The van der Waals surface area contributed by atoms with Crippen LogP contribution in [-0.2, 0) is 26.7 Å². The number of aryl methyl sites for hydroxylation is 2. The van der Waals surface area contributed by atoms with Crippen LogP contribution in [0.2, 0.25) is 0 Å². The summed E-state index contributed by atoms with van der Waals surface area (Å²) in [6, 6.07) is 14.3. The number of benzene rings is 2. The number of piperidine rings is 1. The summed E-state index contributed by atoms with van der Waals surface area (Å²) >= 11 is 0. The van der Waals surface area contributed by atoms with Gasteiger partial charge >= 0.3 is 5.69 Å². The topological polar surface area (TPSA) is 146 Å². The molecule has 0 unspecified atom stereocenters. The minimum Gasteiger partial charge on any atom is -0.341 e. The van der Waals surface area contributed by atoms with Gasteiger partial charge in [-0.3, -0.25) is 28.6 Å². The Morgan fingerprint density at radius 1 is 1.07 bits per heavy atom. The predicted molar refractivity (Wildman–Crippen MR) is 171 cm³/mol. The molecule has 6 rings (SSSR count). The van der Waals surface area contributed by atoms with Gasteiger partial charge in [0.15, 0.2) is 11.2 Å². The number of imidazole rings is 1. The molecule has 1 aliphatic rings. The average Bonchev–Trinajstić information content (AvgIpc) is 3.44. The van der Waals surface area contributed by atoms with E-state index in [0.29, 0.717) is 36.0 Å². The van der Waals surface area contributed by atoms with Gasteiger partial charge in [0.25, 0.3) is 11.2 Å². The van der Waals surface area contributed by atoms with Crippen molar-refractivity contribution in [2.45, 2.75) is 52.4 Å². The van der Waals surface area contributed by atoms with E-state index in [1.807, 2.05) is 31.2 Å². The van der Waals surface area contributed by atoms with Crippen LogP contribution in [0.25, 0.3) is 22.1 Å². The van der Waals surface area contributed by atoms with Gasteiger partial charge in [0, 0.05) is 55.9 Å². The first kappa shape index (κ1) is 29.7. The number of nitro benzene ring substituents is 1. The van der Waals surface area contributed by atoms with E-state index in [2.05, 4.69) is 32.0 Å². The number of hydrogen-bond donors (Lipinski definition) is 1. The molecule has 13 nitrogen and oxygen atoms in total. The van der Waals surface area contributed by atoms with E-state index in [1.54, 1.807) is 30.7 Å². The third-order valence-corrected chi connectivity index (χ3v) is 8.21. The van der Waals surface area contributed by atoms with Gasteiger partial charge in [-0.05, 0) is 38.3 Å². The quantitative estimate of drug-likeness (QED) is 0.160. The van der Waals surface area contributed by atoms with Crippen LogP contribution in [0, 0.1) is 28.9 Å². The molecule has 230 valence electrons. The van der Waals surface area contributed by atoms with Crippen LogP contribution in [0.1, 0.15) is 36.8 Å². The number of para-hydroxylation sites is 1. The highest BCUT2D eigenvalue weighted by Crippen LogP contribution is 2.24. The molecular weight excluding hydrogens is 574 g/mol. The van der Waals surface area contributed by atoms with Crippen LogP contribution < -0.4 is 21.5 Å². The van der Waals surface area contributed by atoms with Crippen LogP contribution in [0.15, 0.2) is 58.1 Å². The first-order chi connectivity index (χ1) is 21.7. The molecule has 5 aromatic rings. The Kier molecular flexibility index (Phi) is 8.14. The molecule has 1 atom stereocenters. The molecule has 3 aromatic heterocycles. The summed E-state index contributed by atoms with van der Waals surface area (Å²) in [5, 5.41) is 15.5. The molecule has 0 amide bonds. The van der Waals surface area contributed by atoms with Gasteiger partial charge in [-0.25, -0.2) is 14.8 Å². The monoisotopic (exact) mass is 607 g/mol. The van der Waals surface area contributed by atoms with Crippen LogP contribution in [0.4, 0.5) is 11.6 Å². The zero-order chi connectivity index (χ0) is 31.7. The maximum absolute atomic E-state index is 14.0. The summed E-state index contributed by atoms with van der Waals surface area (Å²) in [4.78, 5) is 54.3. The van der Waals surface area contributed by atoms with E-state index in [0.717, 1.165) is 46.1 Å². The van der Waals surface area contributed by atoms with Crippen LogP contribution in [0.5, 0.6) is 0 Å². The van der Waals surface area contributed by atoms with Crippen LogP contribution in [-0.4, -0.2) is 52.7 Å². The number of anilines is 1. The number of rotatable bonds is 8. The Morgan fingerprint density at radius 2 is 1.84 bits per heavy atom. The van der Waals surface area contributed by atoms with E-state index >= 15 is 0 Å². The predicted octanol–water partition coefficient (Wildman–Crippen LogP) is 2.89. The molecule has 2 aromatic carbocycles. The van der Waals surface area contributed by atoms with E-state index in [-0.39, 0.29) is 24.8 Å². The number of fused-ring (bicyclic) bond motifs is 2. The summed E-state index contributed by atoms with van der Waals surface area (Å²) in [6.45, 7) is 5.70.